The molecule has 0 unspecified atom stereocenters. The van der Waals surface area contributed by atoms with Crippen LogP contribution in [0.2, 0.25) is 5.02 Å². The van der Waals surface area contributed by atoms with Crippen molar-refractivity contribution in [1.29, 1.82) is 0 Å². The molecule has 0 N–H and O–H groups in total. The zero-order chi connectivity index (χ0) is 10.0. The average molecular weight is 197 g/mol. The fourth-order valence-electron chi connectivity index (χ4n) is 1.65. The van der Waals surface area contributed by atoms with E-state index in [4.69, 9.17) is 11.6 Å². The number of hydrogen-bond donors (Lipinski definition) is 0. The lowest BCUT2D eigenvalue weighted by atomic mass is 9.95. The fraction of sp³-hybridized carbons (Fsp3) is 0.500. The quantitative estimate of drug-likeness (QED) is 0.661. The number of rotatable bonds is 2. The van der Waals surface area contributed by atoms with Gasteiger partial charge in [-0.05, 0) is 42.0 Å². The standard InChI is InChI=1S/C12H17Cl/c1-5-10-6-9(4)11(8(2)3)7-12(10)13/h6-8H,5H2,1-4H3. The lowest BCUT2D eigenvalue weighted by molar-refractivity contribution is 0.854. The second kappa shape index (κ2) is 4.15. The van der Waals surface area contributed by atoms with Crippen LogP contribution in [0, 0.1) is 6.92 Å². The van der Waals surface area contributed by atoms with Crippen LogP contribution in [0.4, 0.5) is 0 Å². The van der Waals surface area contributed by atoms with Crippen LogP contribution >= 0.6 is 11.6 Å². The molecule has 0 bridgehead atoms. The summed E-state index contributed by atoms with van der Waals surface area (Å²) in [5.41, 5.74) is 3.97. The Morgan fingerprint density at radius 1 is 1.31 bits per heavy atom. The lowest BCUT2D eigenvalue weighted by Crippen LogP contribution is -1.94. The number of benzene rings is 1. The third-order valence-electron chi connectivity index (χ3n) is 2.44. The first-order valence-electron chi connectivity index (χ1n) is 4.85. The Morgan fingerprint density at radius 3 is 2.38 bits per heavy atom. The third-order valence-corrected chi connectivity index (χ3v) is 2.79. The molecule has 1 heteroatoms. The van der Waals surface area contributed by atoms with Gasteiger partial charge >= 0.3 is 0 Å². The molecule has 1 rings (SSSR count). The van der Waals surface area contributed by atoms with Gasteiger partial charge in [-0.1, -0.05) is 38.4 Å². The van der Waals surface area contributed by atoms with E-state index >= 15 is 0 Å². The Labute approximate surface area is 85.9 Å². The van der Waals surface area contributed by atoms with E-state index in [9.17, 15) is 0 Å². The molecule has 72 valence electrons. The van der Waals surface area contributed by atoms with E-state index in [2.05, 4.69) is 39.8 Å². The third kappa shape index (κ3) is 2.25. The molecule has 0 fully saturated rings. The van der Waals surface area contributed by atoms with E-state index < -0.39 is 0 Å². The molecule has 0 radical (unpaired) electrons. The molecular weight excluding hydrogens is 180 g/mol. The Hall–Kier alpha value is -0.490. The highest BCUT2D eigenvalue weighted by Crippen LogP contribution is 2.26. The van der Waals surface area contributed by atoms with Gasteiger partial charge in [-0.25, -0.2) is 0 Å². The van der Waals surface area contributed by atoms with Crippen LogP contribution in [0.5, 0.6) is 0 Å². The van der Waals surface area contributed by atoms with E-state index in [0.717, 1.165) is 11.4 Å². The summed E-state index contributed by atoms with van der Waals surface area (Å²) >= 11 is 6.15. The minimum Gasteiger partial charge on any atom is -0.0840 e. The fourth-order valence-corrected chi connectivity index (χ4v) is 1.96. The summed E-state index contributed by atoms with van der Waals surface area (Å²) in [6, 6.07) is 4.32. The maximum Gasteiger partial charge on any atom is 0.0440 e. The molecule has 0 aliphatic rings. The van der Waals surface area contributed by atoms with Crippen molar-refractivity contribution in [3.63, 3.8) is 0 Å². The highest BCUT2D eigenvalue weighted by atomic mass is 35.5. The molecule has 0 amide bonds. The van der Waals surface area contributed by atoms with Crippen molar-refractivity contribution in [2.45, 2.75) is 40.0 Å². The zero-order valence-electron chi connectivity index (χ0n) is 8.82. The van der Waals surface area contributed by atoms with Crippen molar-refractivity contribution in [3.8, 4) is 0 Å². The number of halogens is 1. The number of hydrogen-bond acceptors (Lipinski definition) is 0. The van der Waals surface area contributed by atoms with Gasteiger partial charge in [0.05, 0.1) is 0 Å². The van der Waals surface area contributed by atoms with Gasteiger partial charge in [-0.3, -0.25) is 0 Å². The molecule has 1 aromatic carbocycles. The first kappa shape index (κ1) is 10.6. The van der Waals surface area contributed by atoms with Gasteiger partial charge in [-0.15, -0.1) is 0 Å². The van der Waals surface area contributed by atoms with E-state index in [-0.39, 0.29) is 0 Å². The van der Waals surface area contributed by atoms with Crippen molar-refractivity contribution in [3.05, 3.63) is 33.8 Å². The smallest absolute Gasteiger partial charge is 0.0440 e. The summed E-state index contributed by atoms with van der Waals surface area (Å²) in [5.74, 6) is 0.559. The van der Waals surface area contributed by atoms with Crippen LogP contribution in [-0.2, 0) is 6.42 Å². The topological polar surface area (TPSA) is 0 Å². The molecule has 0 heterocycles. The van der Waals surface area contributed by atoms with Crippen molar-refractivity contribution in [2.24, 2.45) is 0 Å². The van der Waals surface area contributed by atoms with Gasteiger partial charge in [0, 0.05) is 5.02 Å². The maximum absolute atomic E-state index is 6.15. The predicted molar refractivity (Wildman–Crippen MR) is 59.7 cm³/mol. The van der Waals surface area contributed by atoms with Crippen LogP contribution in [0.15, 0.2) is 12.1 Å². The van der Waals surface area contributed by atoms with Gasteiger partial charge in [0.1, 0.15) is 0 Å². The lowest BCUT2D eigenvalue weighted by Gasteiger charge is -2.12. The van der Waals surface area contributed by atoms with Crippen molar-refractivity contribution < 1.29 is 0 Å². The van der Waals surface area contributed by atoms with Crippen molar-refractivity contribution in [2.75, 3.05) is 0 Å². The van der Waals surface area contributed by atoms with E-state index in [1.165, 1.54) is 16.7 Å². The molecular formula is C12H17Cl. The molecule has 0 saturated carbocycles. The second-order valence-electron chi connectivity index (χ2n) is 3.81. The molecule has 0 spiro atoms. The summed E-state index contributed by atoms with van der Waals surface area (Å²) in [5, 5.41) is 0.914. The van der Waals surface area contributed by atoms with Crippen LogP contribution in [0.3, 0.4) is 0 Å². The molecule has 1 aromatic rings. The minimum absolute atomic E-state index is 0.559. The molecule has 0 nitrogen and oxygen atoms in total. The van der Waals surface area contributed by atoms with Crippen LogP contribution in [-0.4, -0.2) is 0 Å². The second-order valence-corrected chi connectivity index (χ2v) is 4.22. The summed E-state index contributed by atoms with van der Waals surface area (Å²) in [7, 11) is 0. The van der Waals surface area contributed by atoms with Crippen LogP contribution < -0.4 is 0 Å². The molecule has 0 atom stereocenters. The normalized spacial score (nSPS) is 10.9. The number of aryl methyl sites for hydroxylation is 2. The van der Waals surface area contributed by atoms with Gasteiger partial charge < -0.3 is 0 Å². The van der Waals surface area contributed by atoms with Gasteiger partial charge in [0.2, 0.25) is 0 Å². The first-order chi connectivity index (χ1) is 6.06. The van der Waals surface area contributed by atoms with Crippen LogP contribution in [0.1, 0.15) is 43.4 Å². The largest absolute Gasteiger partial charge is 0.0840 e. The minimum atomic E-state index is 0.559. The molecule has 13 heavy (non-hydrogen) atoms. The Morgan fingerprint density at radius 2 is 1.92 bits per heavy atom. The van der Waals surface area contributed by atoms with E-state index in [1.54, 1.807) is 0 Å². The van der Waals surface area contributed by atoms with E-state index in [0.29, 0.717) is 5.92 Å². The summed E-state index contributed by atoms with van der Waals surface area (Å²) in [6.45, 7) is 8.69. The molecule has 0 aromatic heterocycles. The highest BCUT2D eigenvalue weighted by molar-refractivity contribution is 6.31. The summed E-state index contributed by atoms with van der Waals surface area (Å²) < 4.78 is 0. The molecule has 0 aliphatic heterocycles. The van der Waals surface area contributed by atoms with Crippen molar-refractivity contribution >= 4 is 11.6 Å². The van der Waals surface area contributed by atoms with Gasteiger partial charge in [0.15, 0.2) is 0 Å². The average Bonchev–Trinajstić information content (AvgIpc) is 2.07. The summed E-state index contributed by atoms with van der Waals surface area (Å²) in [4.78, 5) is 0. The molecule has 0 saturated heterocycles. The van der Waals surface area contributed by atoms with Crippen LogP contribution in [0.25, 0.3) is 0 Å². The molecule has 0 aliphatic carbocycles. The van der Waals surface area contributed by atoms with Crippen molar-refractivity contribution in [1.82, 2.24) is 0 Å². The zero-order valence-corrected chi connectivity index (χ0v) is 9.57. The highest BCUT2D eigenvalue weighted by Gasteiger charge is 2.07. The Kier molecular flexibility index (Phi) is 3.38. The SMILES string of the molecule is CCc1cc(C)c(C(C)C)cc1Cl. The monoisotopic (exact) mass is 196 g/mol. The Balaban J connectivity index is 3.20. The van der Waals surface area contributed by atoms with Gasteiger partial charge in [-0.2, -0.15) is 0 Å². The van der Waals surface area contributed by atoms with E-state index in [1.807, 2.05) is 0 Å². The summed E-state index contributed by atoms with van der Waals surface area (Å²) in [6.07, 6.45) is 1.01. The first-order valence-corrected chi connectivity index (χ1v) is 5.23. The predicted octanol–water partition coefficient (Wildman–Crippen LogP) is 4.33. The van der Waals surface area contributed by atoms with Gasteiger partial charge in [0.25, 0.3) is 0 Å². The maximum atomic E-state index is 6.15. The Bertz CT molecular complexity index is 300.